The van der Waals surface area contributed by atoms with Crippen molar-refractivity contribution in [3.8, 4) is 0 Å². The summed E-state index contributed by atoms with van der Waals surface area (Å²) in [6.45, 7) is 3.03. The van der Waals surface area contributed by atoms with Gasteiger partial charge in [0.25, 0.3) is 0 Å². The van der Waals surface area contributed by atoms with Crippen LogP contribution in [0.3, 0.4) is 0 Å². The Kier molecular flexibility index (Phi) is 4.17. The smallest absolute Gasteiger partial charge is 0.0890 e. The van der Waals surface area contributed by atoms with Crippen molar-refractivity contribution in [1.29, 1.82) is 0 Å². The monoisotopic (exact) mass is 278 g/mol. The highest BCUT2D eigenvalue weighted by molar-refractivity contribution is 5.74. The van der Waals surface area contributed by atoms with Gasteiger partial charge in [-0.3, -0.25) is 15.0 Å². The maximum Gasteiger partial charge on any atom is 0.0890 e. The van der Waals surface area contributed by atoms with Gasteiger partial charge in [-0.1, -0.05) is 19.1 Å². The molecule has 106 valence electrons. The second-order valence-corrected chi connectivity index (χ2v) is 4.94. The molecule has 4 heteroatoms. The Labute approximate surface area is 124 Å². The van der Waals surface area contributed by atoms with Gasteiger partial charge >= 0.3 is 0 Å². The van der Waals surface area contributed by atoms with Gasteiger partial charge in [-0.05, 0) is 36.4 Å². The van der Waals surface area contributed by atoms with Gasteiger partial charge in [0, 0.05) is 36.7 Å². The Hall–Kier alpha value is -2.33. The molecule has 0 aliphatic carbocycles. The summed E-state index contributed by atoms with van der Waals surface area (Å²) in [6, 6.07) is 12.5. The molecule has 0 aliphatic heterocycles. The average molecular weight is 278 g/mol. The van der Waals surface area contributed by atoms with Gasteiger partial charge < -0.3 is 5.32 Å². The highest BCUT2D eigenvalue weighted by atomic mass is 14.9. The minimum Gasteiger partial charge on any atom is -0.310 e. The Morgan fingerprint density at radius 3 is 2.57 bits per heavy atom. The molecule has 3 aromatic rings. The molecule has 0 fully saturated rings. The molecule has 1 aromatic carbocycles. The molecule has 0 aliphatic rings. The van der Waals surface area contributed by atoms with Gasteiger partial charge in [0.1, 0.15) is 0 Å². The van der Waals surface area contributed by atoms with Crippen LogP contribution in [0.5, 0.6) is 0 Å². The second-order valence-electron chi connectivity index (χ2n) is 4.94. The Balaban J connectivity index is 1.91. The third-order valence-corrected chi connectivity index (χ3v) is 3.49. The molecule has 0 spiro atoms. The fraction of sp³-hybridized carbons (Fsp3) is 0.235. The topological polar surface area (TPSA) is 50.7 Å². The highest BCUT2D eigenvalue weighted by Crippen LogP contribution is 2.20. The van der Waals surface area contributed by atoms with Gasteiger partial charge in [0.05, 0.1) is 11.0 Å². The minimum atomic E-state index is 0.233. The largest absolute Gasteiger partial charge is 0.310 e. The van der Waals surface area contributed by atoms with E-state index in [1.54, 1.807) is 12.4 Å². The predicted molar refractivity (Wildman–Crippen MR) is 83.9 cm³/mol. The number of pyridine rings is 1. The van der Waals surface area contributed by atoms with Crippen LogP contribution in [0, 0.1) is 0 Å². The molecule has 2 heterocycles. The van der Waals surface area contributed by atoms with E-state index >= 15 is 0 Å². The zero-order valence-corrected chi connectivity index (χ0v) is 12.0. The SMILES string of the molecule is CCNC(Cc1ccccn1)c1ccc2nccnc2c1. The lowest BCUT2D eigenvalue weighted by molar-refractivity contribution is 0.544. The van der Waals surface area contributed by atoms with E-state index in [1.807, 2.05) is 24.4 Å². The van der Waals surface area contributed by atoms with Gasteiger partial charge in [-0.25, -0.2) is 0 Å². The zero-order chi connectivity index (χ0) is 14.5. The van der Waals surface area contributed by atoms with Crippen LogP contribution in [0.2, 0.25) is 0 Å². The number of nitrogens with one attached hydrogen (secondary N) is 1. The van der Waals surface area contributed by atoms with E-state index in [0.29, 0.717) is 0 Å². The molecule has 0 amide bonds. The normalized spacial score (nSPS) is 12.4. The Morgan fingerprint density at radius 2 is 1.81 bits per heavy atom. The van der Waals surface area contributed by atoms with E-state index in [2.05, 4.69) is 45.4 Å². The predicted octanol–water partition coefficient (Wildman–Crippen LogP) is 2.92. The fourth-order valence-electron chi connectivity index (χ4n) is 2.48. The molecule has 1 unspecified atom stereocenters. The van der Waals surface area contributed by atoms with E-state index in [0.717, 1.165) is 29.7 Å². The highest BCUT2D eigenvalue weighted by Gasteiger charge is 2.12. The number of likely N-dealkylation sites (N-methyl/N-ethyl adjacent to an activating group) is 1. The molecule has 3 rings (SSSR count). The lowest BCUT2D eigenvalue weighted by Crippen LogP contribution is -2.23. The molecule has 0 saturated carbocycles. The number of benzene rings is 1. The van der Waals surface area contributed by atoms with Gasteiger partial charge in [-0.2, -0.15) is 0 Å². The number of hydrogen-bond donors (Lipinski definition) is 1. The van der Waals surface area contributed by atoms with Crippen LogP contribution in [0.1, 0.15) is 24.2 Å². The summed E-state index contributed by atoms with van der Waals surface area (Å²) in [5.74, 6) is 0. The molecular weight excluding hydrogens is 260 g/mol. The van der Waals surface area contributed by atoms with Gasteiger partial charge in [0.15, 0.2) is 0 Å². The van der Waals surface area contributed by atoms with Crippen molar-refractivity contribution in [3.63, 3.8) is 0 Å². The van der Waals surface area contributed by atoms with E-state index in [4.69, 9.17) is 0 Å². The maximum atomic E-state index is 4.42. The first kappa shape index (κ1) is 13.6. The van der Waals surface area contributed by atoms with Crippen molar-refractivity contribution in [2.75, 3.05) is 6.54 Å². The third-order valence-electron chi connectivity index (χ3n) is 3.49. The standard InChI is InChI=1S/C17H18N4/c1-2-18-16(12-14-5-3-4-8-19-14)13-6-7-15-17(11-13)21-10-9-20-15/h3-11,16,18H,2,12H2,1H3. The van der Waals surface area contributed by atoms with Crippen LogP contribution in [-0.2, 0) is 6.42 Å². The van der Waals surface area contributed by atoms with Crippen LogP contribution < -0.4 is 5.32 Å². The van der Waals surface area contributed by atoms with Crippen molar-refractivity contribution in [2.45, 2.75) is 19.4 Å². The minimum absolute atomic E-state index is 0.233. The first-order chi connectivity index (χ1) is 10.4. The number of aromatic nitrogens is 3. The van der Waals surface area contributed by atoms with Crippen molar-refractivity contribution in [2.24, 2.45) is 0 Å². The molecule has 1 atom stereocenters. The lowest BCUT2D eigenvalue weighted by Gasteiger charge is -2.18. The summed E-state index contributed by atoms with van der Waals surface area (Å²) >= 11 is 0. The van der Waals surface area contributed by atoms with Crippen LogP contribution >= 0.6 is 0 Å². The van der Waals surface area contributed by atoms with Crippen LogP contribution in [0.25, 0.3) is 11.0 Å². The number of nitrogens with zero attached hydrogens (tertiary/aromatic N) is 3. The lowest BCUT2D eigenvalue weighted by atomic mass is 10.0. The fourth-order valence-corrected chi connectivity index (χ4v) is 2.48. The van der Waals surface area contributed by atoms with Gasteiger partial charge in [0.2, 0.25) is 0 Å². The zero-order valence-electron chi connectivity index (χ0n) is 12.0. The summed E-state index contributed by atoms with van der Waals surface area (Å²) < 4.78 is 0. The quantitative estimate of drug-likeness (QED) is 0.779. The Morgan fingerprint density at radius 1 is 0.952 bits per heavy atom. The first-order valence-corrected chi connectivity index (χ1v) is 7.21. The third kappa shape index (κ3) is 3.23. The van der Waals surface area contributed by atoms with E-state index in [-0.39, 0.29) is 6.04 Å². The van der Waals surface area contributed by atoms with Crippen molar-refractivity contribution in [3.05, 3.63) is 66.2 Å². The maximum absolute atomic E-state index is 4.42. The van der Waals surface area contributed by atoms with E-state index in [1.165, 1.54) is 5.56 Å². The van der Waals surface area contributed by atoms with Crippen LogP contribution in [0.4, 0.5) is 0 Å². The number of rotatable bonds is 5. The average Bonchev–Trinajstić information content (AvgIpc) is 2.55. The van der Waals surface area contributed by atoms with E-state index in [9.17, 15) is 0 Å². The second kappa shape index (κ2) is 6.41. The summed E-state index contributed by atoms with van der Waals surface area (Å²) in [4.78, 5) is 13.1. The summed E-state index contributed by atoms with van der Waals surface area (Å²) in [7, 11) is 0. The number of fused-ring (bicyclic) bond motifs is 1. The molecule has 0 saturated heterocycles. The van der Waals surface area contributed by atoms with Crippen LogP contribution in [0.15, 0.2) is 55.0 Å². The molecule has 21 heavy (non-hydrogen) atoms. The van der Waals surface area contributed by atoms with Crippen molar-refractivity contribution >= 4 is 11.0 Å². The molecule has 0 radical (unpaired) electrons. The summed E-state index contributed by atoms with van der Waals surface area (Å²) in [5.41, 5.74) is 4.16. The Bertz CT molecular complexity index is 712. The molecular formula is C17H18N4. The summed E-state index contributed by atoms with van der Waals surface area (Å²) in [5, 5.41) is 3.52. The molecule has 2 aromatic heterocycles. The van der Waals surface area contributed by atoms with E-state index < -0.39 is 0 Å². The van der Waals surface area contributed by atoms with Crippen molar-refractivity contribution < 1.29 is 0 Å². The molecule has 0 bridgehead atoms. The molecule has 4 nitrogen and oxygen atoms in total. The first-order valence-electron chi connectivity index (χ1n) is 7.21. The summed E-state index contributed by atoms with van der Waals surface area (Å²) in [6.07, 6.45) is 6.15. The van der Waals surface area contributed by atoms with Crippen LogP contribution in [-0.4, -0.2) is 21.5 Å². The number of hydrogen-bond acceptors (Lipinski definition) is 4. The van der Waals surface area contributed by atoms with Crippen molar-refractivity contribution in [1.82, 2.24) is 20.3 Å². The molecule has 1 N–H and O–H groups in total. The van der Waals surface area contributed by atoms with Gasteiger partial charge in [-0.15, -0.1) is 0 Å².